The zero-order chi connectivity index (χ0) is 36.0. The van der Waals surface area contributed by atoms with Gasteiger partial charge in [0.2, 0.25) is 12.0 Å². The quantitative estimate of drug-likeness (QED) is 0.194. The molecule has 0 spiro atoms. The SMILES string of the molecule is c1ccc(C2=NC(c3ccc4c(c3)oc3cccc(-c5cccc6c5oc5cc(-n7c8ccccc8c8ccccc87)ccc56)c34)[NH+]2c2ccccc2)cc1. The molecule has 2 atom stereocenters. The summed E-state index contributed by atoms with van der Waals surface area (Å²) in [5.74, 6) is 1.05. The first-order chi connectivity index (χ1) is 27.3. The molecule has 258 valence electrons. The Morgan fingerprint density at radius 3 is 1.93 bits per heavy atom. The number of quaternary nitrogens is 1. The molecule has 0 aliphatic carbocycles. The molecule has 1 aliphatic heterocycles. The van der Waals surface area contributed by atoms with Crippen LogP contribution in [-0.2, 0) is 0 Å². The van der Waals surface area contributed by atoms with Gasteiger partial charge in [-0.05, 0) is 72.3 Å². The Morgan fingerprint density at radius 2 is 1.13 bits per heavy atom. The van der Waals surface area contributed by atoms with Gasteiger partial charge in [0.25, 0.3) is 0 Å². The molecule has 1 aliphatic rings. The summed E-state index contributed by atoms with van der Waals surface area (Å²) in [6.45, 7) is 0. The molecule has 0 bridgehead atoms. The number of para-hydroxylation sites is 4. The van der Waals surface area contributed by atoms with E-state index in [1.54, 1.807) is 0 Å². The van der Waals surface area contributed by atoms with E-state index in [9.17, 15) is 0 Å². The van der Waals surface area contributed by atoms with Gasteiger partial charge in [0.05, 0.1) is 16.6 Å². The molecule has 5 nitrogen and oxygen atoms in total. The lowest BCUT2D eigenvalue weighted by atomic mass is 9.96. The van der Waals surface area contributed by atoms with E-state index in [1.807, 2.05) is 6.07 Å². The second kappa shape index (κ2) is 11.6. The molecule has 1 N–H and O–H groups in total. The van der Waals surface area contributed by atoms with Gasteiger partial charge in [0, 0.05) is 55.2 Å². The van der Waals surface area contributed by atoms with Crippen molar-refractivity contribution in [1.82, 2.24) is 4.57 Å². The molecule has 3 aromatic heterocycles. The largest absolute Gasteiger partial charge is 0.456 e. The summed E-state index contributed by atoms with van der Waals surface area (Å²) in [6, 6.07) is 64.2. The fourth-order valence-corrected chi connectivity index (χ4v) is 8.88. The molecule has 0 saturated carbocycles. The first-order valence-electron chi connectivity index (χ1n) is 18.7. The van der Waals surface area contributed by atoms with Gasteiger partial charge < -0.3 is 13.4 Å². The number of hydrogen-bond donors (Lipinski definition) is 1. The van der Waals surface area contributed by atoms with Crippen molar-refractivity contribution in [3.05, 3.63) is 193 Å². The number of fused-ring (bicyclic) bond motifs is 9. The van der Waals surface area contributed by atoms with Gasteiger partial charge in [-0.2, -0.15) is 4.99 Å². The predicted molar refractivity (Wildman–Crippen MR) is 224 cm³/mol. The van der Waals surface area contributed by atoms with Crippen LogP contribution in [0.15, 0.2) is 196 Å². The standard InChI is InChI=1S/C50H31N3O2/c1-3-13-31(14-4-1)49-51-50(53(49)33-15-5-2-6-16-33)32-25-27-41-45(29-32)54-44-24-12-19-38(47(41)44)40-21-11-20-39-37-28-26-34(30-46(37)55-48(39)40)52-42-22-9-7-17-35(42)36-18-8-10-23-43(36)52/h1-30,50H/p+1. The van der Waals surface area contributed by atoms with Crippen LogP contribution >= 0.6 is 0 Å². The molecule has 0 fully saturated rings. The topological polar surface area (TPSA) is 48.0 Å². The third kappa shape index (κ3) is 4.48. The van der Waals surface area contributed by atoms with Crippen molar-refractivity contribution in [3.63, 3.8) is 0 Å². The molecule has 0 radical (unpaired) electrons. The highest BCUT2D eigenvalue weighted by Gasteiger charge is 2.41. The highest BCUT2D eigenvalue weighted by atomic mass is 16.3. The van der Waals surface area contributed by atoms with Gasteiger partial charge in [-0.1, -0.05) is 109 Å². The van der Waals surface area contributed by atoms with E-state index in [4.69, 9.17) is 13.8 Å². The van der Waals surface area contributed by atoms with Crippen LogP contribution in [-0.4, -0.2) is 10.4 Å². The van der Waals surface area contributed by atoms with Crippen molar-refractivity contribution in [1.29, 1.82) is 0 Å². The third-order valence-electron chi connectivity index (χ3n) is 11.4. The predicted octanol–water partition coefficient (Wildman–Crippen LogP) is 11.9. The number of aromatic nitrogens is 1. The molecule has 0 saturated heterocycles. The van der Waals surface area contributed by atoms with Crippen LogP contribution in [0.1, 0.15) is 17.3 Å². The zero-order valence-electron chi connectivity index (χ0n) is 29.6. The Hall–Kier alpha value is -7.21. The lowest BCUT2D eigenvalue weighted by Crippen LogP contribution is -3.14. The summed E-state index contributed by atoms with van der Waals surface area (Å²) in [5, 5.41) is 6.82. The maximum absolute atomic E-state index is 6.85. The van der Waals surface area contributed by atoms with E-state index in [0.717, 1.165) is 77.7 Å². The number of hydrogen-bond acceptors (Lipinski definition) is 3. The Morgan fingerprint density at radius 1 is 0.473 bits per heavy atom. The third-order valence-corrected chi connectivity index (χ3v) is 11.4. The van der Waals surface area contributed by atoms with Gasteiger partial charge in [0.1, 0.15) is 28.0 Å². The van der Waals surface area contributed by atoms with Crippen molar-refractivity contribution in [2.75, 3.05) is 0 Å². The van der Waals surface area contributed by atoms with Crippen LogP contribution in [0.4, 0.5) is 5.69 Å². The number of nitrogens with one attached hydrogen (secondary N) is 1. The van der Waals surface area contributed by atoms with Crippen LogP contribution in [0.25, 0.3) is 82.5 Å². The molecule has 8 aromatic carbocycles. The van der Waals surface area contributed by atoms with Gasteiger partial charge in [-0.25, -0.2) is 4.90 Å². The molecule has 4 heterocycles. The maximum Gasteiger partial charge on any atom is 0.241 e. The summed E-state index contributed by atoms with van der Waals surface area (Å²) < 4.78 is 15.8. The minimum absolute atomic E-state index is 0.0774. The van der Waals surface area contributed by atoms with Crippen LogP contribution < -0.4 is 4.90 Å². The summed E-state index contributed by atoms with van der Waals surface area (Å²) in [5.41, 5.74) is 12.4. The molecule has 5 heteroatoms. The Bertz CT molecular complexity index is 3280. The number of benzene rings is 8. The van der Waals surface area contributed by atoms with Gasteiger partial charge in [-0.3, -0.25) is 0 Å². The maximum atomic E-state index is 6.85. The van der Waals surface area contributed by atoms with Gasteiger partial charge >= 0.3 is 0 Å². The van der Waals surface area contributed by atoms with E-state index in [0.29, 0.717) is 0 Å². The second-order valence-corrected chi connectivity index (χ2v) is 14.4. The van der Waals surface area contributed by atoms with E-state index in [2.05, 4.69) is 180 Å². The Kier molecular flexibility index (Phi) is 6.41. The van der Waals surface area contributed by atoms with Crippen molar-refractivity contribution in [2.45, 2.75) is 6.17 Å². The summed E-state index contributed by atoms with van der Waals surface area (Å²) >= 11 is 0. The second-order valence-electron chi connectivity index (χ2n) is 14.4. The normalized spacial score (nSPS) is 15.7. The van der Waals surface area contributed by atoms with Crippen molar-refractivity contribution >= 4 is 77.2 Å². The monoisotopic (exact) mass is 706 g/mol. The number of aliphatic imine (C=N–C) groups is 1. The first kappa shape index (κ1) is 30.3. The summed E-state index contributed by atoms with van der Waals surface area (Å²) in [7, 11) is 0. The smallest absolute Gasteiger partial charge is 0.241 e. The Labute approximate surface area is 315 Å². The average Bonchev–Trinajstić information content (AvgIpc) is 3.90. The van der Waals surface area contributed by atoms with Crippen molar-refractivity contribution in [2.24, 2.45) is 4.99 Å². The molecule has 2 unspecified atom stereocenters. The molecular weight excluding hydrogens is 675 g/mol. The van der Waals surface area contributed by atoms with Gasteiger partial charge in [0.15, 0.2) is 0 Å². The fourth-order valence-electron chi connectivity index (χ4n) is 8.88. The van der Waals surface area contributed by atoms with Crippen molar-refractivity contribution < 1.29 is 13.7 Å². The fraction of sp³-hybridized carbons (Fsp3) is 0.0200. The number of rotatable bonds is 5. The minimum atomic E-state index is -0.0774. The average molecular weight is 707 g/mol. The summed E-state index contributed by atoms with van der Waals surface area (Å²) in [6.07, 6.45) is -0.0774. The van der Waals surface area contributed by atoms with Crippen LogP contribution in [0.5, 0.6) is 0 Å². The summed E-state index contributed by atoms with van der Waals surface area (Å²) in [4.78, 5) is 6.41. The highest BCUT2D eigenvalue weighted by molar-refractivity contribution is 6.17. The number of nitrogens with zero attached hydrogens (tertiary/aromatic N) is 2. The van der Waals surface area contributed by atoms with E-state index < -0.39 is 0 Å². The molecule has 12 rings (SSSR count). The molecular formula is C50H32N3O2+. The molecule has 55 heavy (non-hydrogen) atoms. The van der Waals surface area contributed by atoms with E-state index >= 15 is 0 Å². The van der Waals surface area contributed by atoms with Crippen molar-refractivity contribution in [3.8, 4) is 16.8 Å². The zero-order valence-corrected chi connectivity index (χ0v) is 29.6. The van der Waals surface area contributed by atoms with E-state index in [1.165, 1.54) is 32.4 Å². The first-order valence-corrected chi connectivity index (χ1v) is 18.7. The molecule has 11 aromatic rings. The molecule has 0 amide bonds. The lowest BCUT2D eigenvalue weighted by Gasteiger charge is -2.33. The number of furan rings is 2. The highest BCUT2D eigenvalue weighted by Crippen LogP contribution is 2.43. The number of amidine groups is 1. The van der Waals surface area contributed by atoms with Crippen LogP contribution in [0.3, 0.4) is 0 Å². The lowest BCUT2D eigenvalue weighted by molar-refractivity contribution is -0.792. The Balaban J connectivity index is 0.983. The van der Waals surface area contributed by atoms with Gasteiger partial charge in [-0.15, -0.1) is 0 Å². The van der Waals surface area contributed by atoms with Crippen LogP contribution in [0.2, 0.25) is 0 Å². The van der Waals surface area contributed by atoms with E-state index in [-0.39, 0.29) is 6.17 Å². The van der Waals surface area contributed by atoms with Crippen LogP contribution in [0, 0.1) is 0 Å². The minimum Gasteiger partial charge on any atom is -0.456 e.